The third-order valence-corrected chi connectivity index (χ3v) is 1.79. The molecule has 0 fully saturated rings. The predicted molar refractivity (Wildman–Crippen MR) is 53.4 cm³/mol. The normalized spacial score (nSPS) is 14.2. The standard InChI is InChI=1S/C8H16BrNO2/c1-4-6-8(9)12-10-7(3)11-5-2/h8H,4-6H2,1-3H3/b10-7-. The smallest absolute Gasteiger partial charge is 0.222 e. The van der Waals surface area contributed by atoms with Gasteiger partial charge in [-0.1, -0.05) is 18.5 Å². The van der Waals surface area contributed by atoms with Crippen molar-refractivity contribution in [1.29, 1.82) is 0 Å². The van der Waals surface area contributed by atoms with Gasteiger partial charge in [-0.25, -0.2) is 0 Å². The highest BCUT2D eigenvalue weighted by atomic mass is 79.9. The minimum absolute atomic E-state index is 0.00194. The van der Waals surface area contributed by atoms with Crippen LogP contribution in [-0.2, 0) is 9.57 Å². The highest BCUT2D eigenvalue weighted by Crippen LogP contribution is 2.09. The Morgan fingerprint density at radius 3 is 2.67 bits per heavy atom. The molecule has 0 heterocycles. The fourth-order valence-electron chi connectivity index (χ4n) is 0.646. The molecule has 0 aliphatic heterocycles. The van der Waals surface area contributed by atoms with Crippen molar-refractivity contribution in [1.82, 2.24) is 0 Å². The second-order valence-corrected chi connectivity index (χ2v) is 3.37. The average Bonchev–Trinajstić information content (AvgIpc) is 2.02. The van der Waals surface area contributed by atoms with E-state index in [1.54, 1.807) is 6.92 Å². The number of rotatable bonds is 5. The Bertz CT molecular complexity index is 139. The fourth-order valence-corrected chi connectivity index (χ4v) is 1.19. The Morgan fingerprint density at radius 2 is 2.17 bits per heavy atom. The quantitative estimate of drug-likeness (QED) is 0.319. The maximum absolute atomic E-state index is 5.08. The summed E-state index contributed by atoms with van der Waals surface area (Å²) in [6.45, 7) is 6.40. The summed E-state index contributed by atoms with van der Waals surface area (Å²) in [4.78, 5) is 5.08. The van der Waals surface area contributed by atoms with Crippen LogP contribution in [0.1, 0.15) is 33.6 Å². The first-order valence-corrected chi connectivity index (χ1v) is 5.09. The molecule has 0 bridgehead atoms. The van der Waals surface area contributed by atoms with Gasteiger partial charge >= 0.3 is 0 Å². The van der Waals surface area contributed by atoms with E-state index < -0.39 is 0 Å². The first-order chi connectivity index (χ1) is 5.70. The van der Waals surface area contributed by atoms with Gasteiger partial charge in [0.15, 0.2) is 5.01 Å². The lowest BCUT2D eigenvalue weighted by atomic mass is 10.4. The van der Waals surface area contributed by atoms with Gasteiger partial charge in [-0.05, 0) is 29.3 Å². The average molecular weight is 238 g/mol. The monoisotopic (exact) mass is 237 g/mol. The molecule has 0 saturated heterocycles. The van der Waals surface area contributed by atoms with E-state index in [0.717, 1.165) is 12.8 Å². The number of ether oxygens (including phenoxy) is 1. The number of hydrogen-bond acceptors (Lipinski definition) is 3. The van der Waals surface area contributed by atoms with Crippen LogP contribution in [0, 0.1) is 0 Å². The zero-order chi connectivity index (χ0) is 9.40. The second kappa shape index (κ2) is 7.40. The zero-order valence-corrected chi connectivity index (χ0v) is 9.43. The van der Waals surface area contributed by atoms with Crippen molar-refractivity contribution >= 4 is 21.8 Å². The van der Waals surface area contributed by atoms with Gasteiger partial charge in [0.25, 0.3) is 0 Å². The van der Waals surface area contributed by atoms with Crippen LogP contribution in [0.25, 0.3) is 0 Å². The molecule has 0 N–H and O–H groups in total. The lowest BCUT2D eigenvalue weighted by Gasteiger charge is -2.06. The molecule has 0 spiro atoms. The van der Waals surface area contributed by atoms with Crippen molar-refractivity contribution in [3.8, 4) is 0 Å². The molecular weight excluding hydrogens is 222 g/mol. The number of nitrogens with zero attached hydrogens (tertiary/aromatic N) is 1. The summed E-state index contributed by atoms with van der Waals surface area (Å²) in [6.07, 6.45) is 2.02. The molecule has 3 nitrogen and oxygen atoms in total. The maximum atomic E-state index is 5.08. The van der Waals surface area contributed by atoms with E-state index in [1.165, 1.54) is 0 Å². The number of oxime groups is 1. The van der Waals surface area contributed by atoms with Gasteiger partial charge in [0.1, 0.15) is 0 Å². The topological polar surface area (TPSA) is 30.8 Å². The van der Waals surface area contributed by atoms with Crippen molar-refractivity contribution < 1.29 is 9.57 Å². The number of halogens is 1. The van der Waals surface area contributed by atoms with Gasteiger partial charge in [0.05, 0.1) is 6.61 Å². The molecule has 0 aliphatic rings. The highest BCUT2D eigenvalue weighted by Gasteiger charge is 2.01. The van der Waals surface area contributed by atoms with E-state index in [4.69, 9.17) is 9.57 Å². The summed E-state index contributed by atoms with van der Waals surface area (Å²) in [5, 5.41) is 3.78. The van der Waals surface area contributed by atoms with Gasteiger partial charge in [0.2, 0.25) is 5.90 Å². The van der Waals surface area contributed by atoms with E-state index in [-0.39, 0.29) is 5.01 Å². The highest BCUT2D eigenvalue weighted by molar-refractivity contribution is 9.09. The van der Waals surface area contributed by atoms with E-state index in [2.05, 4.69) is 28.0 Å². The van der Waals surface area contributed by atoms with Crippen LogP contribution in [0.4, 0.5) is 0 Å². The Labute approximate surface area is 82.2 Å². The molecule has 0 saturated carbocycles. The molecule has 0 aromatic rings. The lowest BCUT2D eigenvalue weighted by molar-refractivity contribution is 0.110. The number of alkyl halides is 1. The van der Waals surface area contributed by atoms with Crippen LogP contribution in [-0.4, -0.2) is 17.5 Å². The van der Waals surface area contributed by atoms with E-state index >= 15 is 0 Å². The van der Waals surface area contributed by atoms with Crippen molar-refractivity contribution in [2.75, 3.05) is 6.61 Å². The Morgan fingerprint density at radius 1 is 1.50 bits per heavy atom. The van der Waals surface area contributed by atoms with Crippen LogP contribution in [0.15, 0.2) is 5.16 Å². The molecule has 0 amide bonds. The summed E-state index contributed by atoms with van der Waals surface area (Å²) in [5.41, 5.74) is 0. The molecule has 12 heavy (non-hydrogen) atoms. The molecule has 0 aromatic carbocycles. The van der Waals surface area contributed by atoms with E-state index in [1.807, 2.05) is 6.92 Å². The Kier molecular flexibility index (Phi) is 7.25. The maximum Gasteiger partial charge on any atom is 0.222 e. The molecule has 1 unspecified atom stereocenters. The minimum Gasteiger partial charge on any atom is -0.479 e. The van der Waals surface area contributed by atoms with Crippen LogP contribution in [0.5, 0.6) is 0 Å². The molecule has 0 radical (unpaired) electrons. The van der Waals surface area contributed by atoms with Crippen LogP contribution in [0.3, 0.4) is 0 Å². The van der Waals surface area contributed by atoms with Crippen molar-refractivity contribution in [3.05, 3.63) is 0 Å². The van der Waals surface area contributed by atoms with Gasteiger partial charge in [-0.2, -0.15) is 0 Å². The van der Waals surface area contributed by atoms with Gasteiger partial charge in [-0.15, -0.1) is 0 Å². The van der Waals surface area contributed by atoms with Crippen LogP contribution < -0.4 is 0 Å². The second-order valence-electron chi connectivity index (χ2n) is 2.35. The first kappa shape index (κ1) is 11.8. The molecule has 1 atom stereocenters. The summed E-state index contributed by atoms with van der Waals surface area (Å²) in [6, 6.07) is 0. The summed E-state index contributed by atoms with van der Waals surface area (Å²) >= 11 is 3.33. The van der Waals surface area contributed by atoms with Crippen molar-refractivity contribution in [3.63, 3.8) is 0 Å². The predicted octanol–water partition coefficient (Wildman–Crippen LogP) is 2.89. The molecule has 0 aromatic heterocycles. The number of hydrogen-bond donors (Lipinski definition) is 0. The van der Waals surface area contributed by atoms with Crippen LogP contribution in [0.2, 0.25) is 0 Å². The molecular formula is C8H16BrNO2. The van der Waals surface area contributed by atoms with Crippen LogP contribution >= 0.6 is 15.9 Å². The van der Waals surface area contributed by atoms with Gasteiger partial charge in [-0.3, -0.25) is 0 Å². The Balaban J connectivity index is 3.55. The SMILES string of the molecule is CCCC(Br)O/N=C(/C)OCC. The summed E-state index contributed by atoms with van der Waals surface area (Å²) < 4.78 is 5.07. The van der Waals surface area contributed by atoms with Gasteiger partial charge < -0.3 is 9.57 Å². The summed E-state index contributed by atoms with van der Waals surface area (Å²) in [5.74, 6) is 0.568. The third kappa shape index (κ3) is 6.46. The largest absolute Gasteiger partial charge is 0.479 e. The zero-order valence-electron chi connectivity index (χ0n) is 7.84. The molecule has 4 heteroatoms. The van der Waals surface area contributed by atoms with Crippen molar-refractivity contribution in [2.24, 2.45) is 5.16 Å². The fraction of sp³-hybridized carbons (Fsp3) is 0.875. The first-order valence-electron chi connectivity index (χ1n) is 4.18. The third-order valence-electron chi connectivity index (χ3n) is 1.16. The minimum atomic E-state index is -0.00194. The summed E-state index contributed by atoms with van der Waals surface area (Å²) in [7, 11) is 0. The molecule has 72 valence electrons. The van der Waals surface area contributed by atoms with E-state index in [0.29, 0.717) is 12.5 Å². The lowest BCUT2D eigenvalue weighted by Crippen LogP contribution is -2.04. The van der Waals surface area contributed by atoms with Gasteiger partial charge in [0, 0.05) is 6.92 Å². The molecule has 0 rings (SSSR count). The van der Waals surface area contributed by atoms with Crippen molar-refractivity contribution in [2.45, 2.75) is 38.6 Å². The molecule has 0 aliphatic carbocycles. The van der Waals surface area contributed by atoms with E-state index in [9.17, 15) is 0 Å². The Hall–Kier alpha value is -0.250.